The van der Waals surface area contributed by atoms with Crippen LogP contribution in [0.1, 0.15) is 13.8 Å². The lowest BCUT2D eigenvalue weighted by Gasteiger charge is -2.41. The zero-order valence-corrected chi connectivity index (χ0v) is 11.4. The molecule has 2 rings (SSSR count). The molecule has 1 saturated heterocycles. The zero-order chi connectivity index (χ0) is 13.0. The van der Waals surface area contributed by atoms with Gasteiger partial charge < -0.3 is 10.0 Å². The largest absolute Gasteiger partial charge is 0.395 e. The molecule has 0 saturated carbocycles. The highest BCUT2D eigenvalue weighted by atomic mass is 16.3. The highest BCUT2D eigenvalue weighted by molar-refractivity contribution is 5.46. The molecule has 3 heteroatoms. The van der Waals surface area contributed by atoms with Crippen LogP contribution in [-0.2, 0) is 0 Å². The molecule has 0 amide bonds. The van der Waals surface area contributed by atoms with Gasteiger partial charge in [0.05, 0.1) is 6.61 Å². The summed E-state index contributed by atoms with van der Waals surface area (Å²) in [6.07, 6.45) is 0. The van der Waals surface area contributed by atoms with Crippen molar-refractivity contribution in [1.82, 2.24) is 4.90 Å². The van der Waals surface area contributed by atoms with Crippen LogP contribution in [0.15, 0.2) is 30.3 Å². The Morgan fingerprint density at radius 3 is 2.17 bits per heavy atom. The summed E-state index contributed by atoms with van der Waals surface area (Å²) in [6.45, 7) is 8.81. The number of aliphatic hydroxyl groups is 1. The van der Waals surface area contributed by atoms with Crippen molar-refractivity contribution in [3.8, 4) is 0 Å². The first-order chi connectivity index (χ1) is 8.72. The number of anilines is 1. The zero-order valence-electron chi connectivity index (χ0n) is 11.4. The van der Waals surface area contributed by atoms with Crippen molar-refractivity contribution in [3.05, 3.63) is 30.3 Å². The lowest BCUT2D eigenvalue weighted by molar-refractivity contribution is 0.0860. The Balaban J connectivity index is 1.92. The molecule has 0 bridgehead atoms. The van der Waals surface area contributed by atoms with Gasteiger partial charge in [0.25, 0.3) is 0 Å². The Morgan fingerprint density at radius 2 is 1.67 bits per heavy atom. The van der Waals surface area contributed by atoms with Crippen LogP contribution >= 0.6 is 0 Å². The third-order valence-corrected chi connectivity index (χ3v) is 3.86. The fourth-order valence-corrected chi connectivity index (χ4v) is 2.70. The van der Waals surface area contributed by atoms with Crippen molar-refractivity contribution < 1.29 is 5.11 Å². The standard InChI is InChI=1S/C15H24N2O/c1-13(2)15(12-18)17-10-8-16(9-11-17)14-6-4-3-5-7-14/h3-7,13,15,18H,8-12H2,1-2H3. The second-order valence-electron chi connectivity index (χ2n) is 5.35. The molecule has 18 heavy (non-hydrogen) atoms. The van der Waals surface area contributed by atoms with Crippen LogP contribution in [0.5, 0.6) is 0 Å². The highest BCUT2D eigenvalue weighted by Crippen LogP contribution is 2.18. The summed E-state index contributed by atoms with van der Waals surface area (Å²) in [7, 11) is 0. The van der Waals surface area contributed by atoms with Gasteiger partial charge in [0.15, 0.2) is 0 Å². The van der Waals surface area contributed by atoms with Crippen LogP contribution in [0.2, 0.25) is 0 Å². The van der Waals surface area contributed by atoms with Crippen molar-refractivity contribution in [2.75, 3.05) is 37.7 Å². The van der Waals surface area contributed by atoms with Gasteiger partial charge in [-0.15, -0.1) is 0 Å². The van der Waals surface area contributed by atoms with Gasteiger partial charge >= 0.3 is 0 Å². The van der Waals surface area contributed by atoms with Crippen molar-refractivity contribution in [2.45, 2.75) is 19.9 Å². The van der Waals surface area contributed by atoms with E-state index in [1.54, 1.807) is 0 Å². The van der Waals surface area contributed by atoms with Crippen LogP contribution in [-0.4, -0.2) is 48.8 Å². The van der Waals surface area contributed by atoms with E-state index in [1.807, 2.05) is 0 Å². The third-order valence-electron chi connectivity index (χ3n) is 3.86. The van der Waals surface area contributed by atoms with Crippen LogP contribution < -0.4 is 4.90 Å². The lowest BCUT2D eigenvalue weighted by Crippen LogP contribution is -2.53. The molecule has 1 aromatic carbocycles. The lowest BCUT2D eigenvalue weighted by atomic mass is 10.0. The maximum Gasteiger partial charge on any atom is 0.0589 e. The average Bonchev–Trinajstić information content (AvgIpc) is 2.41. The molecule has 1 atom stereocenters. The third kappa shape index (κ3) is 3.03. The minimum absolute atomic E-state index is 0.267. The molecule has 0 spiro atoms. The highest BCUT2D eigenvalue weighted by Gasteiger charge is 2.25. The molecule has 0 radical (unpaired) electrons. The Bertz CT molecular complexity index is 345. The van der Waals surface area contributed by atoms with Gasteiger partial charge in [-0.2, -0.15) is 0 Å². The number of nitrogens with zero attached hydrogens (tertiary/aromatic N) is 2. The van der Waals surface area contributed by atoms with Gasteiger partial charge in [-0.25, -0.2) is 0 Å². The van der Waals surface area contributed by atoms with Crippen LogP contribution in [0, 0.1) is 5.92 Å². The molecule has 0 aromatic heterocycles. The van der Waals surface area contributed by atoms with E-state index < -0.39 is 0 Å². The second kappa shape index (κ2) is 6.21. The molecule has 1 aromatic rings. The van der Waals surface area contributed by atoms with Crippen LogP contribution in [0.4, 0.5) is 5.69 Å². The first-order valence-corrected chi connectivity index (χ1v) is 6.87. The SMILES string of the molecule is CC(C)C(CO)N1CCN(c2ccccc2)CC1. The maximum atomic E-state index is 9.48. The number of rotatable bonds is 4. The van der Waals surface area contributed by atoms with Crippen molar-refractivity contribution >= 4 is 5.69 Å². The van der Waals surface area contributed by atoms with Gasteiger partial charge in [0.1, 0.15) is 0 Å². The number of benzene rings is 1. The van der Waals surface area contributed by atoms with E-state index in [9.17, 15) is 5.11 Å². The van der Waals surface area contributed by atoms with Crippen molar-refractivity contribution in [3.63, 3.8) is 0 Å². The molecule has 1 aliphatic heterocycles. The first-order valence-electron chi connectivity index (χ1n) is 6.87. The number of piperazine rings is 1. The molecule has 1 heterocycles. The van der Waals surface area contributed by atoms with E-state index in [0.29, 0.717) is 12.0 Å². The molecule has 1 unspecified atom stereocenters. The predicted molar refractivity (Wildman–Crippen MR) is 75.9 cm³/mol. The summed E-state index contributed by atoms with van der Waals surface area (Å²) < 4.78 is 0. The predicted octanol–water partition coefficient (Wildman–Crippen LogP) is 1.83. The topological polar surface area (TPSA) is 26.7 Å². The van der Waals surface area contributed by atoms with Gasteiger partial charge in [0, 0.05) is 37.9 Å². The van der Waals surface area contributed by atoms with Gasteiger partial charge in [-0.05, 0) is 18.1 Å². The molecule has 3 nitrogen and oxygen atoms in total. The van der Waals surface area contributed by atoms with Gasteiger partial charge in [0.2, 0.25) is 0 Å². The number of aliphatic hydroxyl groups excluding tert-OH is 1. The molecular formula is C15H24N2O. The van der Waals surface area contributed by atoms with E-state index in [2.05, 4.69) is 54.0 Å². The van der Waals surface area contributed by atoms with Gasteiger partial charge in [-0.1, -0.05) is 32.0 Å². The summed E-state index contributed by atoms with van der Waals surface area (Å²) in [5, 5.41) is 9.48. The Labute approximate surface area is 110 Å². The van der Waals surface area contributed by atoms with E-state index in [4.69, 9.17) is 0 Å². The second-order valence-corrected chi connectivity index (χ2v) is 5.35. The number of hydrogen-bond donors (Lipinski definition) is 1. The molecule has 0 aliphatic carbocycles. The van der Waals surface area contributed by atoms with E-state index in [0.717, 1.165) is 26.2 Å². The molecule has 1 N–H and O–H groups in total. The molecule has 1 aliphatic rings. The normalized spacial score (nSPS) is 19.2. The summed E-state index contributed by atoms with van der Waals surface area (Å²) >= 11 is 0. The molecular weight excluding hydrogens is 224 g/mol. The van der Waals surface area contributed by atoms with Crippen molar-refractivity contribution in [2.24, 2.45) is 5.92 Å². The molecule has 100 valence electrons. The Kier molecular flexibility index (Phi) is 4.61. The number of hydrogen-bond acceptors (Lipinski definition) is 3. The maximum absolute atomic E-state index is 9.48. The Hall–Kier alpha value is -1.06. The van der Waals surface area contributed by atoms with Crippen LogP contribution in [0.25, 0.3) is 0 Å². The minimum atomic E-state index is 0.267. The smallest absolute Gasteiger partial charge is 0.0589 e. The minimum Gasteiger partial charge on any atom is -0.395 e. The molecule has 1 fully saturated rings. The summed E-state index contributed by atoms with van der Waals surface area (Å²) in [5.74, 6) is 0.512. The van der Waals surface area contributed by atoms with Crippen molar-refractivity contribution in [1.29, 1.82) is 0 Å². The van der Waals surface area contributed by atoms with E-state index in [-0.39, 0.29) is 6.61 Å². The fraction of sp³-hybridized carbons (Fsp3) is 0.600. The monoisotopic (exact) mass is 248 g/mol. The summed E-state index contributed by atoms with van der Waals surface area (Å²) in [4.78, 5) is 4.84. The summed E-state index contributed by atoms with van der Waals surface area (Å²) in [5.41, 5.74) is 1.31. The number of para-hydroxylation sites is 1. The first kappa shape index (κ1) is 13.4. The van der Waals surface area contributed by atoms with Gasteiger partial charge in [-0.3, -0.25) is 4.90 Å². The van der Waals surface area contributed by atoms with E-state index >= 15 is 0 Å². The Morgan fingerprint density at radius 1 is 1.06 bits per heavy atom. The van der Waals surface area contributed by atoms with Crippen LogP contribution in [0.3, 0.4) is 0 Å². The summed E-state index contributed by atoms with van der Waals surface area (Å²) in [6, 6.07) is 10.9. The van der Waals surface area contributed by atoms with E-state index in [1.165, 1.54) is 5.69 Å². The fourth-order valence-electron chi connectivity index (χ4n) is 2.70. The quantitative estimate of drug-likeness (QED) is 0.880. The average molecular weight is 248 g/mol.